The van der Waals surface area contributed by atoms with E-state index in [1.165, 1.54) is 12.8 Å². The Kier molecular flexibility index (Phi) is 4.45. The van der Waals surface area contributed by atoms with E-state index in [1.54, 1.807) is 28.6 Å². The van der Waals surface area contributed by atoms with Gasteiger partial charge in [-0.2, -0.15) is 4.31 Å². The first-order chi connectivity index (χ1) is 11.5. The molecule has 0 radical (unpaired) electrons. The van der Waals surface area contributed by atoms with Crippen molar-refractivity contribution in [2.24, 2.45) is 17.8 Å². The average molecular weight is 367 g/mol. The zero-order valence-electron chi connectivity index (χ0n) is 13.6. The summed E-state index contributed by atoms with van der Waals surface area (Å²) in [5.74, 6) is 2.32. The smallest absolute Gasteiger partial charge is 0.243 e. The molecule has 0 N–H and O–H groups in total. The highest BCUT2D eigenvalue weighted by atomic mass is 35.5. The summed E-state index contributed by atoms with van der Waals surface area (Å²) in [5, 5.41) is 0.554. The zero-order valence-corrected chi connectivity index (χ0v) is 15.2. The van der Waals surface area contributed by atoms with Crippen molar-refractivity contribution in [1.82, 2.24) is 9.21 Å². The minimum atomic E-state index is -3.40. The van der Waals surface area contributed by atoms with Crippen LogP contribution in [0.4, 0.5) is 0 Å². The lowest BCUT2D eigenvalue weighted by molar-refractivity contribution is 0.156. The number of sulfonamides is 1. The van der Waals surface area contributed by atoms with Crippen LogP contribution in [0, 0.1) is 17.8 Å². The molecule has 2 fully saturated rings. The van der Waals surface area contributed by atoms with Gasteiger partial charge in [0, 0.05) is 37.7 Å². The molecule has 130 valence electrons. The Hall–Kier alpha value is -0.880. The third kappa shape index (κ3) is 3.15. The fourth-order valence-electron chi connectivity index (χ4n) is 4.34. The number of benzene rings is 1. The van der Waals surface area contributed by atoms with Crippen LogP contribution >= 0.6 is 11.6 Å². The summed E-state index contributed by atoms with van der Waals surface area (Å²) in [6.45, 7) is 3.90. The molecule has 4 rings (SSSR count). The van der Waals surface area contributed by atoms with Gasteiger partial charge in [-0.15, -0.1) is 0 Å². The Balaban J connectivity index is 1.35. The fraction of sp³-hybridized carbons (Fsp3) is 0.556. The number of hydrogen-bond donors (Lipinski definition) is 0. The second kappa shape index (κ2) is 6.45. The molecule has 0 amide bonds. The number of fused-ring (bicyclic) bond motifs is 2. The van der Waals surface area contributed by atoms with E-state index in [2.05, 4.69) is 17.1 Å². The van der Waals surface area contributed by atoms with Crippen molar-refractivity contribution in [1.29, 1.82) is 0 Å². The Morgan fingerprint density at radius 2 is 1.71 bits per heavy atom. The summed E-state index contributed by atoms with van der Waals surface area (Å²) in [6.07, 6.45) is 7.40. The number of rotatable bonds is 4. The maximum Gasteiger partial charge on any atom is 0.243 e. The molecule has 2 aliphatic carbocycles. The summed E-state index contributed by atoms with van der Waals surface area (Å²) in [4.78, 5) is 2.77. The minimum absolute atomic E-state index is 0.332. The van der Waals surface area contributed by atoms with E-state index in [0.717, 1.165) is 37.4 Å². The van der Waals surface area contributed by atoms with Gasteiger partial charge in [0.15, 0.2) is 0 Å². The van der Waals surface area contributed by atoms with E-state index in [1.807, 2.05) is 0 Å². The summed E-state index contributed by atoms with van der Waals surface area (Å²) in [6, 6.07) is 6.44. The third-order valence-corrected chi connectivity index (χ3v) is 7.86. The summed E-state index contributed by atoms with van der Waals surface area (Å²) >= 11 is 5.85. The Morgan fingerprint density at radius 3 is 2.29 bits per heavy atom. The monoisotopic (exact) mass is 366 g/mol. The first-order valence-electron chi connectivity index (χ1n) is 8.69. The van der Waals surface area contributed by atoms with Gasteiger partial charge in [0.1, 0.15) is 0 Å². The largest absolute Gasteiger partial charge is 0.300 e. The SMILES string of the molecule is O=S(=O)(c1ccc(Cl)cc1)N1CCN(C[C@H]2C[C@@H]3C=C[C@H]2C3)CC1. The van der Waals surface area contributed by atoms with Gasteiger partial charge in [-0.05, 0) is 54.9 Å². The van der Waals surface area contributed by atoms with Crippen LogP contribution in [0.25, 0.3) is 0 Å². The van der Waals surface area contributed by atoms with E-state index in [0.29, 0.717) is 23.0 Å². The lowest BCUT2D eigenvalue weighted by atomic mass is 9.93. The Morgan fingerprint density at radius 1 is 1.00 bits per heavy atom. The molecule has 0 aromatic heterocycles. The summed E-state index contributed by atoms with van der Waals surface area (Å²) < 4.78 is 27.0. The van der Waals surface area contributed by atoms with Crippen molar-refractivity contribution < 1.29 is 8.42 Å². The van der Waals surface area contributed by atoms with Gasteiger partial charge in [0.05, 0.1) is 4.90 Å². The number of allylic oxidation sites excluding steroid dienone is 2. The molecule has 1 aliphatic heterocycles. The van der Waals surface area contributed by atoms with Crippen LogP contribution in [0.1, 0.15) is 12.8 Å². The molecule has 1 saturated carbocycles. The molecule has 1 heterocycles. The molecule has 3 atom stereocenters. The lowest BCUT2D eigenvalue weighted by Crippen LogP contribution is -2.49. The molecule has 1 aromatic rings. The van der Waals surface area contributed by atoms with Crippen LogP contribution in [0.3, 0.4) is 0 Å². The zero-order chi connectivity index (χ0) is 16.7. The Labute approximate surface area is 149 Å². The van der Waals surface area contributed by atoms with E-state index < -0.39 is 10.0 Å². The van der Waals surface area contributed by atoms with Crippen LogP contribution in [0.15, 0.2) is 41.3 Å². The lowest BCUT2D eigenvalue weighted by Gasteiger charge is -2.36. The Bertz CT molecular complexity index is 724. The summed E-state index contributed by atoms with van der Waals surface area (Å²) in [5.41, 5.74) is 0. The van der Waals surface area contributed by atoms with Gasteiger partial charge in [0.2, 0.25) is 10.0 Å². The van der Waals surface area contributed by atoms with Gasteiger partial charge in [-0.25, -0.2) is 8.42 Å². The van der Waals surface area contributed by atoms with E-state index in [-0.39, 0.29) is 0 Å². The average Bonchev–Trinajstić information content (AvgIpc) is 3.19. The van der Waals surface area contributed by atoms with E-state index in [9.17, 15) is 8.42 Å². The highest BCUT2D eigenvalue weighted by molar-refractivity contribution is 7.89. The van der Waals surface area contributed by atoms with Crippen LogP contribution in [-0.4, -0.2) is 50.3 Å². The van der Waals surface area contributed by atoms with Crippen LogP contribution in [0.2, 0.25) is 5.02 Å². The molecule has 24 heavy (non-hydrogen) atoms. The first kappa shape index (κ1) is 16.6. The van der Waals surface area contributed by atoms with Gasteiger partial charge in [-0.1, -0.05) is 23.8 Å². The molecular formula is C18H23ClN2O2S. The molecular weight excluding hydrogens is 344 g/mol. The quantitative estimate of drug-likeness (QED) is 0.769. The van der Waals surface area contributed by atoms with Crippen LogP contribution in [-0.2, 0) is 10.0 Å². The van der Waals surface area contributed by atoms with E-state index >= 15 is 0 Å². The predicted octanol–water partition coefficient (Wildman–Crippen LogP) is 2.86. The van der Waals surface area contributed by atoms with Crippen LogP contribution in [0.5, 0.6) is 0 Å². The molecule has 0 spiro atoms. The fourth-order valence-corrected chi connectivity index (χ4v) is 5.89. The van der Waals surface area contributed by atoms with Crippen molar-refractivity contribution >= 4 is 21.6 Å². The topological polar surface area (TPSA) is 40.6 Å². The van der Waals surface area contributed by atoms with Crippen molar-refractivity contribution in [3.8, 4) is 0 Å². The molecule has 3 aliphatic rings. The van der Waals surface area contributed by atoms with Gasteiger partial charge in [-0.3, -0.25) is 0 Å². The molecule has 2 bridgehead atoms. The predicted molar refractivity (Wildman–Crippen MR) is 95.5 cm³/mol. The molecule has 4 nitrogen and oxygen atoms in total. The first-order valence-corrected chi connectivity index (χ1v) is 10.5. The number of hydrogen-bond acceptors (Lipinski definition) is 3. The van der Waals surface area contributed by atoms with Gasteiger partial charge >= 0.3 is 0 Å². The van der Waals surface area contributed by atoms with Crippen molar-refractivity contribution in [2.75, 3.05) is 32.7 Å². The van der Waals surface area contributed by atoms with Crippen LogP contribution < -0.4 is 0 Å². The third-order valence-electron chi connectivity index (χ3n) is 5.69. The van der Waals surface area contributed by atoms with Crippen molar-refractivity contribution in [3.63, 3.8) is 0 Å². The molecule has 6 heteroatoms. The molecule has 0 unspecified atom stereocenters. The van der Waals surface area contributed by atoms with E-state index in [4.69, 9.17) is 11.6 Å². The van der Waals surface area contributed by atoms with Crippen molar-refractivity contribution in [2.45, 2.75) is 17.7 Å². The number of piperazine rings is 1. The van der Waals surface area contributed by atoms with Crippen molar-refractivity contribution in [3.05, 3.63) is 41.4 Å². The van der Waals surface area contributed by atoms with Gasteiger partial charge < -0.3 is 4.90 Å². The molecule has 1 aromatic carbocycles. The summed E-state index contributed by atoms with van der Waals surface area (Å²) in [7, 11) is -3.40. The molecule has 1 saturated heterocycles. The standard InChI is InChI=1S/C18H23ClN2O2S/c19-17-3-5-18(6-4-17)24(22,23)21-9-7-20(8-10-21)13-16-12-14-1-2-15(16)11-14/h1-6,14-16H,7-13H2/t14-,15+,16-/m1/s1. The van der Waals surface area contributed by atoms with Gasteiger partial charge in [0.25, 0.3) is 0 Å². The number of halogens is 1. The maximum absolute atomic E-state index is 12.7. The maximum atomic E-state index is 12.7. The minimum Gasteiger partial charge on any atom is -0.300 e. The highest BCUT2D eigenvalue weighted by Crippen LogP contribution is 2.43. The highest BCUT2D eigenvalue weighted by Gasteiger charge is 2.37. The number of nitrogens with zero attached hydrogens (tertiary/aromatic N) is 2. The second-order valence-electron chi connectivity index (χ2n) is 7.20. The second-order valence-corrected chi connectivity index (χ2v) is 9.57. The normalized spacial score (nSPS) is 31.0.